The molecule has 76 valence electrons. The summed E-state index contributed by atoms with van der Waals surface area (Å²) < 4.78 is 21.8. The third-order valence-electron chi connectivity index (χ3n) is 1.52. The predicted octanol–water partition coefficient (Wildman–Crippen LogP) is -0.262. The standard InChI is InChI=1S/C7H7NO5S/c8-14(12,13)5-3-1-2-4(9)6(5)7(10)11/h1-3,9H,(H,10,11)(H2,8,12,13). The van der Waals surface area contributed by atoms with E-state index in [-0.39, 0.29) is 0 Å². The van der Waals surface area contributed by atoms with E-state index in [0.29, 0.717) is 0 Å². The van der Waals surface area contributed by atoms with Crippen LogP contribution in [0, 0.1) is 0 Å². The lowest BCUT2D eigenvalue weighted by Gasteiger charge is -2.04. The molecule has 1 aromatic carbocycles. The maximum Gasteiger partial charge on any atom is 0.340 e. The van der Waals surface area contributed by atoms with E-state index < -0.39 is 32.2 Å². The Kier molecular flexibility index (Phi) is 2.45. The summed E-state index contributed by atoms with van der Waals surface area (Å²) in [4.78, 5) is 10.0. The Bertz CT molecular complexity index is 479. The summed E-state index contributed by atoms with van der Waals surface area (Å²) in [5, 5.41) is 22.5. The number of rotatable bonds is 2. The van der Waals surface area contributed by atoms with E-state index in [1.807, 2.05) is 0 Å². The molecule has 7 heteroatoms. The maximum absolute atomic E-state index is 10.9. The lowest BCUT2D eigenvalue weighted by molar-refractivity contribution is 0.0689. The normalized spacial score (nSPS) is 11.2. The van der Waals surface area contributed by atoms with Crippen molar-refractivity contribution in [2.75, 3.05) is 0 Å². The van der Waals surface area contributed by atoms with Crippen molar-refractivity contribution in [3.8, 4) is 5.75 Å². The zero-order valence-corrected chi connectivity index (χ0v) is 7.65. The van der Waals surface area contributed by atoms with Gasteiger partial charge in [0.2, 0.25) is 10.0 Å². The van der Waals surface area contributed by atoms with Gasteiger partial charge in [0.05, 0.1) is 0 Å². The van der Waals surface area contributed by atoms with Crippen LogP contribution in [0.25, 0.3) is 0 Å². The highest BCUT2D eigenvalue weighted by Crippen LogP contribution is 2.23. The van der Waals surface area contributed by atoms with Gasteiger partial charge in [-0.1, -0.05) is 6.07 Å². The molecule has 0 amide bonds. The van der Waals surface area contributed by atoms with Crippen LogP contribution in [0.5, 0.6) is 5.75 Å². The number of hydrogen-bond donors (Lipinski definition) is 3. The number of nitrogens with two attached hydrogens (primary N) is 1. The van der Waals surface area contributed by atoms with Gasteiger partial charge in [-0.3, -0.25) is 0 Å². The minimum atomic E-state index is -4.14. The largest absolute Gasteiger partial charge is 0.507 e. The van der Waals surface area contributed by atoms with Crippen molar-refractivity contribution < 1.29 is 23.4 Å². The summed E-state index contributed by atoms with van der Waals surface area (Å²) in [6.07, 6.45) is 0. The van der Waals surface area contributed by atoms with Crippen molar-refractivity contribution in [1.29, 1.82) is 0 Å². The first-order valence-corrected chi connectivity index (χ1v) is 4.96. The van der Waals surface area contributed by atoms with E-state index in [9.17, 15) is 13.2 Å². The molecule has 0 bridgehead atoms. The molecule has 0 spiro atoms. The number of carbonyl (C=O) groups is 1. The highest BCUT2D eigenvalue weighted by Gasteiger charge is 2.21. The molecule has 1 rings (SSSR count). The molecule has 0 heterocycles. The van der Waals surface area contributed by atoms with Gasteiger partial charge in [-0.05, 0) is 12.1 Å². The topological polar surface area (TPSA) is 118 Å². The molecular weight excluding hydrogens is 210 g/mol. The Balaban J connectivity index is 3.61. The van der Waals surface area contributed by atoms with Crippen molar-refractivity contribution >= 4 is 16.0 Å². The van der Waals surface area contributed by atoms with E-state index in [1.165, 1.54) is 6.07 Å². The summed E-state index contributed by atoms with van der Waals surface area (Å²) >= 11 is 0. The third kappa shape index (κ3) is 1.83. The minimum Gasteiger partial charge on any atom is -0.507 e. The molecule has 0 radical (unpaired) electrons. The molecule has 0 fully saturated rings. The quantitative estimate of drug-likeness (QED) is 0.630. The summed E-state index contributed by atoms with van der Waals surface area (Å²) in [6.45, 7) is 0. The van der Waals surface area contributed by atoms with E-state index in [2.05, 4.69) is 0 Å². The molecule has 14 heavy (non-hydrogen) atoms. The predicted molar refractivity (Wildman–Crippen MR) is 46.4 cm³/mol. The van der Waals surface area contributed by atoms with Crippen LogP contribution in [-0.4, -0.2) is 24.6 Å². The first-order valence-electron chi connectivity index (χ1n) is 3.42. The number of primary sulfonamides is 1. The smallest absolute Gasteiger partial charge is 0.340 e. The Labute approximate surface area is 79.6 Å². The number of sulfonamides is 1. The molecule has 0 saturated heterocycles. The fourth-order valence-electron chi connectivity index (χ4n) is 0.972. The fraction of sp³-hybridized carbons (Fsp3) is 0. The van der Waals surface area contributed by atoms with Crippen LogP contribution in [0.3, 0.4) is 0 Å². The van der Waals surface area contributed by atoms with Gasteiger partial charge in [0.25, 0.3) is 0 Å². The van der Waals surface area contributed by atoms with Crippen LogP contribution in [0.15, 0.2) is 23.1 Å². The van der Waals surface area contributed by atoms with E-state index in [1.54, 1.807) is 0 Å². The van der Waals surface area contributed by atoms with E-state index in [4.69, 9.17) is 15.4 Å². The summed E-state index contributed by atoms with van der Waals surface area (Å²) in [5.74, 6) is -2.18. The number of carboxylic acids is 1. The average molecular weight is 217 g/mol. The molecule has 0 aliphatic heterocycles. The number of hydrogen-bond acceptors (Lipinski definition) is 4. The van der Waals surface area contributed by atoms with Gasteiger partial charge in [-0.2, -0.15) is 0 Å². The highest BCUT2D eigenvalue weighted by atomic mass is 32.2. The second-order valence-corrected chi connectivity index (χ2v) is 4.03. The molecule has 0 unspecified atom stereocenters. The first-order chi connectivity index (χ1) is 6.34. The molecule has 0 atom stereocenters. The third-order valence-corrected chi connectivity index (χ3v) is 2.48. The average Bonchev–Trinajstić information content (AvgIpc) is 2.01. The zero-order chi connectivity index (χ0) is 10.9. The number of aromatic hydroxyl groups is 1. The molecular formula is C7H7NO5S. The van der Waals surface area contributed by atoms with Gasteiger partial charge in [-0.15, -0.1) is 0 Å². The summed E-state index contributed by atoms with van der Waals surface area (Å²) in [5.41, 5.74) is -0.713. The van der Waals surface area contributed by atoms with E-state index in [0.717, 1.165) is 12.1 Å². The SMILES string of the molecule is NS(=O)(=O)c1cccc(O)c1C(=O)O. The molecule has 0 aliphatic rings. The van der Waals surface area contributed by atoms with Crippen molar-refractivity contribution in [3.05, 3.63) is 23.8 Å². The number of phenols is 1. The maximum atomic E-state index is 10.9. The monoisotopic (exact) mass is 217 g/mol. The minimum absolute atomic E-state index is 0.606. The van der Waals surface area contributed by atoms with Gasteiger partial charge >= 0.3 is 5.97 Å². The summed E-state index contributed by atoms with van der Waals surface area (Å²) in [6, 6.07) is 3.28. The van der Waals surface area contributed by atoms with Crippen molar-refractivity contribution in [3.63, 3.8) is 0 Å². The van der Waals surface area contributed by atoms with Crippen molar-refractivity contribution in [2.24, 2.45) is 5.14 Å². The second kappa shape index (κ2) is 3.28. The molecule has 0 aliphatic carbocycles. The van der Waals surface area contributed by atoms with Gasteiger partial charge < -0.3 is 10.2 Å². The van der Waals surface area contributed by atoms with Gasteiger partial charge in [0, 0.05) is 0 Å². The van der Waals surface area contributed by atoms with Gasteiger partial charge in [-0.25, -0.2) is 18.4 Å². The number of aromatic carboxylic acids is 1. The molecule has 0 saturated carbocycles. The molecule has 4 N–H and O–H groups in total. The number of carboxylic acid groups (broad SMARTS) is 1. The van der Waals surface area contributed by atoms with Crippen LogP contribution < -0.4 is 5.14 Å². The van der Waals surface area contributed by atoms with Crippen molar-refractivity contribution in [1.82, 2.24) is 0 Å². The number of benzene rings is 1. The Morgan fingerprint density at radius 1 is 1.36 bits per heavy atom. The molecule has 6 nitrogen and oxygen atoms in total. The lowest BCUT2D eigenvalue weighted by atomic mass is 10.2. The van der Waals surface area contributed by atoms with Crippen LogP contribution >= 0.6 is 0 Å². The Hall–Kier alpha value is -1.60. The van der Waals surface area contributed by atoms with Gasteiger partial charge in [0.15, 0.2) is 0 Å². The molecule has 1 aromatic rings. The van der Waals surface area contributed by atoms with Crippen molar-refractivity contribution in [2.45, 2.75) is 4.90 Å². The van der Waals surface area contributed by atoms with Crippen LogP contribution in [0.1, 0.15) is 10.4 Å². The van der Waals surface area contributed by atoms with E-state index >= 15 is 0 Å². The second-order valence-electron chi connectivity index (χ2n) is 2.50. The Morgan fingerprint density at radius 2 is 1.93 bits per heavy atom. The van der Waals surface area contributed by atoms with Crippen LogP contribution in [0.2, 0.25) is 0 Å². The zero-order valence-electron chi connectivity index (χ0n) is 6.84. The fourth-order valence-corrected chi connectivity index (χ4v) is 1.72. The van der Waals surface area contributed by atoms with Crippen LogP contribution in [-0.2, 0) is 10.0 Å². The summed E-state index contributed by atoms with van der Waals surface area (Å²) in [7, 11) is -4.14. The van der Waals surface area contributed by atoms with Crippen LogP contribution in [0.4, 0.5) is 0 Å². The lowest BCUT2D eigenvalue weighted by Crippen LogP contribution is -2.16. The molecule has 0 aromatic heterocycles. The van der Waals surface area contributed by atoms with Gasteiger partial charge in [0.1, 0.15) is 16.2 Å². The first kappa shape index (κ1) is 10.5. The Morgan fingerprint density at radius 3 is 2.29 bits per heavy atom. The highest BCUT2D eigenvalue weighted by molar-refractivity contribution is 7.89.